The summed E-state index contributed by atoms with van der Waals surface area (Å²) in [6.07, 6.45) is 0.252. The summed E-state index contributed by atoms with van der Waals surface area (Å²) in [5, 5.41) is 13.2. The Hall–Kier alpha value is -3.66. The van der Waals surface area contributed by atoms with E-state index in [0.29, 0.717) is 6.54 Å². The van der Waals surface area contributed by atoms with Crippen LogP contribution in [0.2, 0.25) is 0 Å². The van der Waals surface area contributed by atoms with Crippen LogP contribution in [-0.2, 0) is 4.79 Å². The molecule has 0 unspecified atom stereocenters. The van der Waals surface area contributed by atoms with Crippen LogP contribution >= 0.6 is 0 Å². The van der Waals surface area contributed by atoms with E-state index in [0.717, 1.165) is 26.2 Å². The number of para-hydroxylation sites is 1. The van der Waals surface area contributed by atoms with Gasteiger partial charge in [-0.15, -0.1) is 0 Å². The van der Waals surface area contributed by atoms with Crippen molar-refractivity contribution in [2.24, 2.45) is 0 Å². The summed E-state index contributed by atoms with van der Waals surface area (Å²) in [6, 6.07) is 15.1. The molecule has 0 saturated carbocycles. The highest BCUT2D eigenvalue weighted by Gasteiger charge is 2.17. The van der Waals surface area contributed by atoms with Crippen molar-refractivity contribution in [3.63, 3.8) is 0 Å². The van der Waals surface area contributed by atoms with Crippen LogP contribution in [0.25, 0.3) is 0 Å². The van der Waals surface area contributed by atoms with Crippen molar-refractivity contribution >= 4 is 29.0 Å². The van der Waals surface area contributed by atoms with Crippen molar-refractivity contribution in [3.05, 3.63) is 64.7 Å². The lowest BCUT2D eigenvalue weighted by Crippen LogP contribution is -2.48. The molecule has 3 amide bonds. The number of urea groups is 1. The van der Waals surface area contributed by atoms with Crippen LogP contribution in [0.1, 0.15) is 6.42 Å². The molecule has 3 rings (SSSR count). The van der Waals surface area contributed by atoms with Gasteiger partial charge in [0.1, 0.15) is 0 Å². The van der Waals surface area contributed by atoms with E-state index in [1.54, 1.807) is 0 Å². The fourth-order valence-electron chi connectivity index (χ4n) is 3.18. The molecule has 0 spiro atoms. The van der Waals surface area contributed by atoms with Crippen molar-refractivity contribution in [1.29, 1.82) is 0 Å². The Morgan fingerprint density at radius 3 is 2.40 bits per heavy atom. The summed E-state index contributed by atoms with van der Waals surface area (Å²) in [5.74, 6) is -0.310. The average molecular weight is 412 g/mol. The van der Waals surface area contributed by atoms with Gasteiger partial charge in [0.25, 0.3) is 5.69 Å². The van der Waals surface area contributed by atoms with E-state index in [2.05, 4.69) is 38.1 Å². The fourth-order valence-corrected chi connectivity index (χ4v) is 3.18. The van der Waals surface area contributed by atoms with Gasteiger partial charge < -0.3 is 10.2 Å². The number of carbonyl (C=O) groups is 2. The van der Waals surface area contributed by atoms with Crippen molar-refractivity contribution in [3.8, 4) is 0 Å². The van der Waals surface area contributed by atoms with E-state index in [1.165, 1.54) is 30.0 Å². The van der Waals surface area contributed by atoms with Gasteiger partial charge in [0.15, 0.2) is 0 Å². The van der Waals surface area contributed by atoms with E-state index >= 15 is 0 Å². The molecule has 0 bridgehead atoms. The second kappa shape index (κ2) is 10.2. The molecule has 0 aromatic heterocycles. The molecule has 1 saturated heterocycles. The van der Waals surface area contributed by atoms with E-state index in [1.807, 2.05) is 18.2 Å². The summed E-state index contributed by atoms with van der Waals surface area (Å²) in [5.41, 5.74) is 5.92. The molecule has 1 fully saturated rings. The van der Waals surface area contributed by atoms with E-state index in [9.17, 15) is 19.7 Å². The van der Waals surface area contributed by atoms with Gasteiger partial charge in [-0.3, -0.25) is 25.2 Å². The summed E-state index contributed by atoms with van der Waals surface area (Å²) >= 11 is 0. The van der Waals surface area contributed by atoms with Gasteiger partial charge in [-0.05, 0) is 18.2 Å². The van der Waals surface area contributed by atoms with Crippen LogP contribution in [0.5, 0.6) is 0 Å². The van der Waals surface area contributed by atoms with Crippen LogP contribution in [-0.4, -0.2) is 54.5 Å². The molecular formula is C20H24N6O4. The van der Waals surface area contributed by atoms with Crippen LogP contribution < -0.4 is 21.1 Å². The summed E-state index contributed by atoms with van der Waals surface area (Å²) in [4.78, 5) is 38.6. The number of amides is 3. The second-order valence-electron chi connectivity index (χ2n) is 6.85. The first-order valence-electron chi connectivity index (χ1n) is 9.64. The number of nitrogens with zero attached hydrogens (tertiary/aromatic N) is 3. The number of non-ortho nitro benzene ring substituents is 1. The quantitative estimate of drug-likeness (QED) is 0.493. The van der Waals surface area contributed by atoms with Crippen LogP contribution in [0, 0.1) is 10.1 Å². The van der Waals surface area contributed by atoms with Gasteiger partial charge in [-0.1, -0.05) is 24.3 Å². The topological polar surface area (TPSA) is 120 Å². The van der Waals surface area contributed by atoms with Gasteiger partial charge in [0, 0.05) is 62.7 Å². The molecule has 1 heterocycles. The largest absolute Gasteiger partial charge is 0.369 e. The normalized spacial score (nSPS) is 14.1. The molecule has 1 aliphatic rings. The predicted molar refractivity (Wildman–Crippen MR) is 113 cm³/mol. The summed E-state index contributed by atoms with van der Waals surface area (Å²) in [7, 11) is 0. The molecule has 158 valence electrons. The van der Waals surface area contributed by atoms with Crippen molar-refractivity contribution in [2.45, 2.75) is 6.42 Å². The Morgan fingerprint density at radius 2 is 1.70 bits per heavy atom. The Balaban J connectivity index is 1.34. The lowest BCUT2D eigenvalue weighted by Gasteiger charge is -2.36. The first-order valence-corrected chi connectivity index (χ1v) is 9.64. The van der Waals surface area contributed by atoms with Gasteiger partial charge in [-0.25, -0.2) is 10.2 Å². The molecule has 2 aromatic rings. The minimum absolute atomic E-state index is 0.135. The third-order valence-electron chi connectivity index (χ3n) is 4.78. The number of hydrazine groups is 1. The zero-order chi connectivity index (χ0) is 21.3. The molecule has 2 aromatic carbocycles. The monoisotopic (exact) mass is 412 g/mol. The van der Waals surface area contributed by atoms with Gasteiger partial charge in [-0.2, -0.15) is 0 Å². The lowest BCUT2D eigenvalue weighted by atomic mass is 10.2. The zero-order valence-corrected chi connectivity index (χ0v) is 16.4. The number of benzene rings is 2. The van der Waals surface area contributed by atoms with E-state index in [4.69, 9.17) is 0 Å². The Kier molecular flexibility index (Phi) is 7.17. The molecule has 30 heavy (non-hydrogen) atoms. The number of piperazine rings is 1. The fraction of sp³-hybridized carbons (Fsp3) is 0.300. The molecule has 0 aliphatic carbocycles. The minimum Gasteiger partial charge on any atom is -0.369 e. The second-order valence-corrected chi connectivity index (χ2v) is 6.85. The highest BCUT2D eigenvalue weighted by atomic mass is 16.6. The maximum Gasteiger partial charge on any atom is 0.337 e. The zero-order valence-electron chi connectivity index (χ0n) is 16.4. The minimum atomic E-state index is -0.680. The standard InChI is InChI=1S/C20H24N6O4/c27-19(22-23-20(28)21-16-5-4-8-18(15-16)26(29)30)9-10-24-11-13-25(14-12-24)17-6-2-1-3-7-17/h1-8,15H,9-14H2,(H,22,27)(H2,21,23,28). The van der Waals surface area contributed by atoms with Gasteiger partial charge in [0.05, 0.1) is 4.92 Å². The number of nitro groups is 1. The molecule has 10 heteroatoms. The first kappa shape index (κ1) is 21.1. The summed E-state index contributed by atoms with van der Waals surface area (Å²) < 4.78 is 0. The number of carbonyl (C=O) groups excluding carboxylic acids is 2. The maximum atomic E-state index is 12.0. The number of nitrogens with one attached hydrogen (secondary N) is 3. The number of nitro benzene ring substituents is 1. The van der Waals surface area contributed by atoms with E-state index < -0.39 is 11.0 Å². The van der Waals surface area contributed by atoms with E-state index in [-0.39, 0.29) is 23.7 Å². The predicted octanol–water partition coefficient (Wildman–Crippen LogP) is 1.96. The number of anilines is 2. The number of hydrogen-bond donors (Lipinski definition) is 3. The SMILES string of the molecule is O=C(CCN1CCN(c2ccccc2)CC1)NNC(=O)Nc1cccc([N+](=O)[O-])c1. The number of rotatable bonds is 6. The average Bonchev–Trinajstić information content (AvgIpc) is 2.77. The molecule has 0 atom stereocenters. The molecule has 10 nitrogen and oxygen atoms in total. The lowest BCUT2D eigenvalue weighted by molar-refractivity contribution is -0.384. The third kappa shape index (κ3) is 6.17. The molecular weight excluding hydrogens is 388 g/mol. The third-order valence-corrected chi connectivity index (χ3v) is 4.78. The van der Waals surface area contributed by atoms with Crippen LogP contribution in [0.4, 0.5) is 21.9 Å². The van der Waals surface area contributed by atoms with Gasteiger partial charge in [0.2, 0.25) is 5.91 Å². The van der Waals surface area contributed by atoms with Crippen LogP contribution in [0.15, 0.2) is 54.6 Å². The molecule has 3 N–H and O–H groups in total. The van der Waals surface area contributed by atoms with Crippen LogP contribution in [0.3, 0.4) is 0 Å². The molecule has 1 aliphatic heterocycles. The first-order chi connectivity index (χ1) is 14.5. The highest BCUT2D eigenvalue weighted by molar-refractivity contribution is 5.91. The molecule has 0 radical (unpaired) electrons. The van der Waals surface area contributed by atoms with Gasteiger partial charge >= 0.3 is 6.03 Å². The van der Waals surface area contributed by atoms with Crippen molar-refractivity contribution in [2.75, 3.05) is 42.9 Å². The Labute approximate surface area is 174 Å². The summed E-state index contributed by atoms with van der Waals surface area (Å²) in [6.45, 7) is 4.12. The van der Waals surface area contributed by atoms with Crippen molar-refractivity contribution in [1.82, 2.24) is 15.8 Å². The smallest absolute Gasteiger partial charge is 0.337 e. The highest BCUT2D eigenvalue weighted by Crippen LogP contribution is 2.17. The van der Waals surface area contributed by atoms with Crippen molar-refractivity contribution < 1.29 is 14.5 Å². The maximum absolute atomic E-state index is 12.0. The Morgan fingerprint density at radius 1 is 0.967 bits per heavy atom. The Bertz CT molecular complexity index is 884. The number of hydrogen-bond acceptors (Lipinski definition) is 6.